The van der Waals surface area contributed by atoms with Crippen LogP contribution in [-0.2, 0) is 6.18 Å². The number of ether oxygens (including phenoxy) is 1. The highest BCUT2D eigenvalue weighted by Gasteiger charge is 2.32. The highest BCUT2D eigenvalue weighted by molar-refractivity contribution is 7.71. The molecule has 0 unspecified atom stereocenters. The lowest BCUT2D eigenvalue weighted by atomic mass is 10.1. The lowest BCUT2D eigenvalue weighted by Crippen LogP contribution is -2.06. The molecule has 0 saturated carbocycles. The molecule has 2 aromatic rings. The summed E-state index contributed by atoms with van der Waals surface area (Å²) in [7, 11) is 1.45. The molecule has 0 saturated heterocycles. The Morgan fingerprint density at radius 3 is 2.53 bits per heavy atom. The van der Waals surface area contributed by atoms with E-state index in [-0.39, 0.29) is 10.0 Å². The number of aromatic nitrogens is 1. The number of alkyl halides is 3. The highest BCUT2D eigenvalue weighted by Crippen LogP contribution is 2.35. The zero-order valence-electron chi connectivity index (χ0n) is 8.76. The molecule has 1 heterocycles. The molecule has 0 aliphatic carbocycles. The van der Waals surface area contributed by atoms with Gasteiger partial charge in [0, 0.05) is 11.5 Å². The minimum Gasteiger partial charge on any atom is -0.497 e. The molecule has 6 heteroatoms. The van der Waals surface area contributed by atoms with Crippen LogP contribution in [0.3, 0.4) is 0 Å². The average molecular weight is 259 g/mol. The summed E-state index contributed by atoms with van der Waals surface area (Å²) in [4.78, 5) is 2.71. The second kappa shape index (κ2) is 4.03. The second-order valence-corrected chi connectivity index (χ2v) is 3.90. The van der Waals surface area contributed by atoms with E-state index in [2.05, 4.69) is 4.98 Å². The van der Waals surface area contributed by atoms with Crippen molar-refractivity contribution in [2.75, 3.05) is 7.11 Å². The molecule has 1 N–H and O–H groups in total. The Labute approximate surface area is 100 Å². The maximum atomic E-state index is 12.8. The van der Waals surface area contributed by atoms with Gasteiger partial charge < -0.3 is 9.72 Å². The standard InChI is InChI=1S/C11H8F3NOS/c1-16-6-2-3-7-8(11(12,13)14)5-10(17)15-9(7)4-6/h2-5H,1H3,(H,15,17). The molecule has 0 bridgehead atoms. The molecule has 0 fully saturated rings. The molecule has 0 aliphatic heterocycles. The average Bonchev–Trinajstić information content (AvgIpc) is 2.25. The van der Waals surface area contributed by atoms with Crippen LogP contribution in [0.25, 0.3) is 10.9 Å². The van der Waals surface area contributed by atoms with Crippen molar-refractivity contribution in [3.8, 4) is 5.75 Å². The fourth-order valence-corrected chi connectivity index (χ4v) is 1.83. The van der Waals surface area contributed by atoms with Crippen LogP contribution < -0.4 is 4.74 Å². The first-order valence-electron chi connectivity index (χ1n) is 4.70. The van der Waals surface area contributed by atoms with Crippen molar-refractivity contribution in [1.29, 1.82) is 0 Å². The van der Waals surface area contributed by atoms with Gasteiger partial charge in [0.25, 0.3) is 0 Å². The Balaban J connectivity index is 2.82. The third-order valence-corrected chi connectivity index (χ3v) is 2.58. The van der Waals surface area contributed by atoms with E-state index < -0.39 is 11.7 Å². The van der Waals surface area contributed by atoms with Crippen LogP contribution >= 0.6 is 12.2 Å². The van der Waals surface area contributed by atoms with Crippen LogP contribution in [0.5, 0.6) is 5.75 Å². The first kappa shape index (κ1) is 11.9. The summed E-state index contributed by atoms with van der Waals surface area (Å²) in [5, 5.41) is 0.0758. The van der Waals surface area contributed by atoms with E-state index in [1.165, 1.54) is 25.3 Å². The molecule has 17 heavy (non-hydrogen) atoms. The number of rotatable bonds is 1. The van der Waals surface area contributed by atoms with Crippen LogP contribution in [0.1, 0.15) is 5.56 Å². The fourth-order valence-electron chi connectivity index (χ4n) is 1.60. The van der Waals surface area contributed by atoms with Crippen LogP contribution in [0.4, 0.5) is 13.2 Å². The summed E-state index contributed by atoms with van der Waals surface area (Å²) in [6.45, 7) is 0. The normalized spacial score (nSPS) is 11.8. The Kier molecular flexibility index (Phi) is 2.82. The predicted octanol–water partition coefficient (Wildman–Crippen LogP) is 3.92. The van der Waals surface area contributed by atoms with Gasteiger partial charge >= 0.3 is 6.18 Å². The van der Waals surface area contributed by atoms with Gasteiger partial charge in [0.2, 0.25) is 0 Å². The van der Waals surface area contributed by atoms with Crippen LogP contribution in [0.2, 0.25) is 0 Å². The van der Waals surface area contributed by atoms with Gasteiger partial charge in [-0.3, -0.25) is 0 Å². The highest BCUT2D eigenvalue weighted by atomic mass is 32.1. The molecular weight excluding hydrogens is 251 g/mol. The third-order valence-electron chi connectivity index (χ3n) is 2.36. The number of benzene rings is 1. The predicted molar refractivity (Wildman–Crippen MR) is 60.7 cm³/mol. The van der Waals surface area contributed by atoms with Crippen LogP contribution in [-0.4, -0.2) is 12.1 Å². The van der Waals surface area contributed by atoms with Gasteiger partial charge in [-0.1, -0.05) is 12.2 Å². The Hall–Kier alpha value is -1.56. The quantitative estimate of drug-likeness (QED) is 0.785. The molecule has 0 aliphatic rings. The van der Waals surface area contributed by atoms with Crippen molar-refractivity contribution in [2.45, 2.75) is 6.18 Å². The summed E-state index contributed by atoms with van der Waals surface area (Å²) in [6.07, 6.45) is -4.42. The van der Waals surface area contributed by atoms with Crippen molar-refractivity contribution in [2.24, 2.45) is 0 Å². The van der Waals surface area contributed by atoms with Crippen molar-refractivity contribution < 1.29 is 17.9 Å². The van der Waals surface area contributed by atoms with Gasteiger partial charge in [-0.05, 0) is 18.2 Å². The van der Waals surface area contributed by atoms with E-state index in [0.717, 1.165) is 6.07 Å². The summed E-state index contributed by atoms with van der Waals surface area (Å²) in [5.74, 6) is 0.475. The number of hydrogen-bond acceptors (Lipinski definition) is 2. The molecule has 1 aromatic heterocycles. The first-order valence-corrected chi connectivity index (χ1v) is 5.11. The smallest absolute Gasteiger partial charge is 0.417 e. The van der Waals surface area contributed by atoms with Crippen LogP contribution in [0.15, 0.2) is 24.3 Å². The molecular formula is C11H8F3NOS. The minimum atomic E-state index is -4.42. The molecule has 0 radical (unpaired) electrons. The zero-order valence-corrected chi connectivity index (χ0v) is 9.58. The SMILES string of the molecule is COc1ccc2c(C(F)(F)F)cc(=S)[nH]c2c1. The number of halogens is 3. The van der Waals surface area contributed by atoms with Gasteiger partial charge in [0.15, 0.2) is 0 Å². The summed E-state index contributed by atoms with van der Waals surface area (Å²) in [6, 6.07) is 5.25. The number of nitrogens with one attached hydrogen (secondary N) is 1. The number of H-pyrrole nitrogens is 1. The van der Waals surface area contributed by atoms with Gasteiger partial charge in [0.1, 0.15) is 10.4 Å². The largest absolute Gasteiger partial charge is 0.497 e. The number of hydrogen-bond donors (Lipinski definition) is 1. The van der Waals surface area contributed by atoms with E-state index in [1.54, 1.807) is 0 Å². The molecule has 0 atom stereocenters. The summed E-state index contributed by atoms with van der Waals surface area (Å²) < 4.78 is 43.4. The molecule has 90 valence electrons. The number of aromatic amines is 1. The van der Waals surface area contributed by atoms with E-state index >= 15 is 0 Å². The van der Waals surface area contributed by atoms with Crippen molar-refractivity contribution in [1.82, 2.24) is 4.98 Å². The topological polar surface area (TPSA) is 25.0 Å². The molecule has 0 spiro atoms. The first-order chi connectivity index (χ1) is 7.91. The second-order valence-electron chi connectivity index (χ2n) is 3.46. The van der Waals surface area contributed by atoms with Gasteiger partial charge in [-0.2, -0.15) is 13.2 Å². The van der Waals surface area contributed by atoms with Crippen molar-refractivity contribution >= 4 is 23.1 Å². The molecule has 2 nitrogen and oxygen atoms in total. The monoisotopic (exact) mass is 259 g/mol. The number of pyridine rings is 1. The van der Waals surface area contributed by atoms with Crippen molar-refractivity contribution in [3.05, 3.63) is 34.5 Å². The molecule has 0 amide bonds. The van der Waals surface area contributed by atoms with E-state index in [9.17, 15) is 13.2 Å². The lowest BCUT2D eigenvalue weighted by molar-refractivity contribution is -0.136. The Morgan fingerprint density at radius 2 is 1.94 bits per heavy atom. The minimum absolute atomic E-state index is 0.0399. The lowest BCUT2D eigenvalue weighted by Gasteiger charge is -2.11. The Morgan fingerprint density at radius 1 is 1.24 bits per heavy atom. The third kappa shape index (κ3) is 2.26. The van der Waals surface area contributed by atoms with Gasteiger partial charge in [0.05, 0.1) is 18.2 Å². The maximum Gasteiger partial charge on any atom is 0.417 e. The number of methoxy groups -OCH3 is 1. The fraction of sp³-hybridized carbons (Fsp3) is 0.182. The van der Waals surface area contributed by atoms with Crippen molar-refractivity contribution in [3.63, 3.8) is 0 Å². The van der Waals surface area contributed by atoms with E-state index in [1.807, 2.05) is 0 Å². The van der Waals surface area contributed by atoms with Crippen LogP contribution in [0, 0.1) is 4.64 Å². The number of fused-ring (bicyclic) bond motifs is 1. The summed E-state index contributed by atoms with van der Waals surface area (Å²) in [5.41, 5.74) is -0.428. The molecule has 2 rings (SSSR count). The summed E-state index contributed by atoms with van der Waals surface area (Å²) >= 11 is 4.78. The zero-order chi connectivity index (χ0) is 12.6. The maximum absolute atomic E-state index is 12.8. The molecule has 1 aromatic carbocycles. The van der Waals surface area contributed by atoms with E-state index in [4.69, 9.17) is 17.0 Å². The van der Waals surface area contributed by atoms with Gasteiger partial charge in [-0.25, -0.2) is 0 Å². The van der Waals surface area contributed by atoms with E-state index in [0.29, 0.717) is 11.3 Å². The van der Waals surface area contributed by atoms with Gasteiger partial charge in [-0.15, -0.1) is 0 Å². The Bertz CT molecular complexity index is 618.